The number of allylic oxidation sites excluding steroid dienone is 1. The van der Waals surface area contributed by atoms with E-state index < -0.39 is 5.97 Å². The van der Waals surface area contributed by atoms with Gasteiger partial charge in [0.25, 0.3) is 0 Å². The zero-order valence-corrected chi connectivity index (χ0v) is 17.8. The second-order valence-corrected chi connectivity index (χ2v) is 7.27. The highest BCUT2D eigenvalue weighted by Crippen LogP contribution is 2.38. The summed E-state index contributed by atoms with van der Waals surface area (Å²) in [4.78, 5) is 11.1. The molecule has 0 heterocycles. The maximum atomic E-state index is 11.1. The molecule has 0 amide bonds. The van der Waals surface area contributed by atoms with Crippen molar-refractivity contribution in [1.29, 1.82) is 5.26 Å². The first-order chi connectivity index (χ1) is 14.9. The fraction of sp³-hybridized carbons (Fsp3) is 0.120. The Kier molecular flexibility index (Phi) is 6.96. The predicted molar refractivity (Wildman–Crippen MR) is 120 cm³/mol. The lowest BCUT2D eigenvalue weighted by Crippen LogP contribution is -2.01. The molecule has 156 valence electrons. The number of nitriles is 1. The maximum Gasteiger partial charge on any atom is 0.335 e. The van der Waals surface area contributed by atoms with Crippen molar-refractivity contribution in [3.8, 4) is 17.6 Å². The molecule has 31 heavy (non-hydrogen) atoms. The molecule has 6 heteroatoms. The van der Waals surface area contributed by atoms with Crippen LogP contribution in [-0.2, 0) is 6.61 Å². The Morgan fingerprint density at radius 3 is 2.52 bits per heavy atom. The molecule has 0 aromatic heterocycles. The highest BCUT2D eigenvalue weighted by molar-refractivity contribution is 6.32. The summed E-state index contributed by atoms with van der Waals surface area (Å²) in [5.41, 5.74) is 3.98. The van der Waals surface area contributed by atoms with E-state index in [1.54, 1.807) is 36.4 Å². The lowest BCUT2D eigenvalue weighted by atomic mass is 10.0. The average Bonchev–Trinajstić information content (AvgIpc) is 2.77. The van der Waals surface area contributed by atoms with Crippen LogP contribution >= 0.6 is 11.6 Å². The van der Waals surface area contributed by atoms with Crippen LogP contribution in [0.15, 0.2) is 60.7 Å². The minimum absolute atomic E-state index is 0.124. The summed E-state index contributed by atoms with van der Waals surface area (Å²) >= 11 is 6.44. The number of benzene rings is 3. The summed E-state index contributed by atoms with van der Waals surface area (Å²) in [5.74, 6) is -0.249. The first kappa shape index (κ1) is 21.9. The van der Waals surface area contributed by atoms with E-state index in [0.29, 0.717) is 33.2 Å². The third kappa shape index (κ3) is 5.44. The molecule has 3 aromatic rings. The smallest absolute Gasteiger partial charge is 0.335 e. The number of carboxylic acid groups (broad SMARTS) is 1. The Hall–Kier alpha value is -3.75. The number of nitrogens with zero attached hydrogens (tertiary/aromatic N) is 1. The Morgan fingerprint density at radius 1 is 1.13 bits per heavy atom. The van der Waals surface area contributed by atoms with Crippen molar-refractivity contribution < 1.29 is 19.4 Å². The van der Waals surface area contributed by atoms with Crippen LogP contribution in [0.3, 0.4) is 0 Å². The fourth-order valence-corrected chi connectivity index (χ4v) is 3.27. The van der Waals surface area contributed by atoms with Gasteiger partial charge in [-0.15, -0.1) is 0 Å². The molecule has 0 aliphatic rings. The van der Waals surface area contributed by atoms with Crippen LogP contribution in [0.2, 0.25) is 5.02 Å². The Labute approximate surface area is 185 Å². The molecule has 0 fully saturated rings. The quantitative estimate of drug-likeness (QED) is 0.365. The number of ether oxygens (including phenoxy) is 2. The Balaban J connectivity index is 1.88. The normalized spacial score (nSPS) is 11.0. The summed E-state index contributed by atoms with van der Waals surface area (Å²) in [6.07, 6.45) is 1.74. The molecule has 0 radical (unpaired) electrons. The van der Waals surface area contributed by atoms with Crippen LogP contribution in [0.5, 0.6) is 11.5 Å². The number of methoxy groups -OCH3 is 1. The standard InChI is InChI=1S/C25H20ClNO4/c1-16-6-8-19(9-7-16)21(14-27)11-18-12-22(26)24(23(13-18)30-2)31-15-17-4-3-5-20(10-17)25(28)29/h3-13H,15H2,1-2H3,(H,28,29)/b21-11-. The number of hydrogen-bond donors (Lipinski definition) is 1. The van der Waals surface area contributed by atoms with Crippen molar-refractivity contribution in [2.75, 3.05) is 7.11 Å². The summed E-state index contributed by atoms with van der Waals surface area (Å²) in [7, 11) is 1.50. The molecule has 0 bridgehead atoms. The largest absolute Gasteiger partial charge is 0.493 e. The Morgan fingerprint density at radius 2 is 1.87 bits per heavy atom. The minimum Gasteiger partial charge on any atom is -0.493 e. The molecule has 1 N–H and O–H groups in total. The van der Waals surface area contributed by atoms with Gasteiger partial charge in [0.1, 0.15) is 6.61 Å². The molecule has 0 unspecified atom stereocenters. The number of hydrogen-bond acceptors (Lipinski definition) is 4. The van der Waals surface area contributed by atoms with Crippen LogP contribution < -0.4 is 9.47 Å². The van der Waals surface area contributed by atoms with E-state index >= 15 is 0 Å². The highest BCUT2D eigenvalue weighted by Gasteiger charge is 2.13. The number of rotatable bonds is 7. The van der Waals surface area contributed by atoms with E-state index in [9.17, 15) is 10.1 Å². The van der Waals surface area contributed by atoms with E-state index in [1.165, 1.54) is 13.2 Å². The average molecular weight is 434 g/mol. The van der Waals surface area contributed by atoms with Crippen molar-refractivity contribution >= 4 is 29.2 Å². The molecule has 3 rings (SSSR count). The first-order valence-electron chi connectivity index (χ1n) is 9.42. The number of carboxylic acids is 1. The highest BCUT2D eigenvalue weighted by atomic mass is 35.5. The monoisotopic (exact) mass is 433 g/mol. The van der Waals surface area contributed by atoms with Gasteiger partial charge in [-0.3, -0.25) is 0 Å². The van der Waals surface area contributed by atoms with Crippen molar-refractivity contribution in [3.05, 3.63) is 93.5 Å². The van der Waals surface area contributed by atoms with Crippen molar-refractivity contribution in [2.45, 2.75) is 13.5 Å². The molecule has 0 saturated carbocycles. The third-order valence-corrected chi connectivity index (χ3v) is 4.88. The zero-order valence-electron chi connectivity index (χ0n) is 17.1. The number of aryl methyl sites for hydroxylation is 1. The maximum absolute atomic E-state index is 11.1. The Bertz CT molecular complexity index is 1180. The van der Waals surface area contributed by atoms with E-state index in [-0.39, 0.29) is 12.2 Å². The molecule has 0 spiro atoms. The number of halogens is 1. The fourth-order valence-electron chi connectivity index (χ4n) is 2.99. The van der Waals surface area contributed by atoms with Crippen LogP contribution in [-0.4, -0.2) is 18.2 Å². The SMILES string of the molecule is COc1cc(/C=C(/C#N)c2ccc(C)cc2)cc(Cl)c1OCc1cccc(C(=O)O)c1. The molecular weight excluding hydrogens is 414 g/mol. The van der Waals surface area contributed by atoms with Crippen molar-refractivity contribution in [2.24, 2.45) is 0 Å². The molecular formula is C25H20ClNO4. The van der Waals surface area contributed by atoms with Gasteiger partial charge in [0, 0.05) is 0 Å². The van der Waals surface area contributed by atoms with Gasteiger partial charge in [0.15, 0.2) is 11.5 Å². The molecule has 0 aliphatic heterocycles. The first-order valence-corrected chi connectivity index (χ1v) is 9.80. The second kappa shape index (κ2) is 9.84. The summed E-state index contributed by atoms with van der Waals surface area (Å²) in [5, 5.41) is 19.0. The second-order valence-electron chi connectivity index (χ2n) is 6.86. The lowest BCUT2D eigenvalue weighted by Gasteiger charge is -2.14. The molecule has 3 aromatic carbocycles. The number of carbonyl (C=O) groups is 1. The van der Waals surface area contributed by atoms with Crippen molar-refractivity contribution in [3.63, 3.8) is 0 Å². The van der Waals surface area contributed by atoms with Crippen molar-refractivity contribution in [1.82, 2.24) is 0 Å². The van der Waals surface area contributed by atoms with Crippen LogP contribution in [0, 0.1) is 18.3 Å². The third-order valence-electron chi connectivity index (χ3n) is 4.60. The molecule has 0 saturated heterocycles. The van der Waals surface area contributed by atoms with Gasteiger partial charge < -0.3 is 14.6 Å². The molecule has 0 atom stereocenters. The summed E-state index contributed by atoms with van der Waals surface area (Å²) in [6.45, 7) is 2.11. The number of aromatic carboxylic acids is 1. The van der Waals surface area contributed by atoms with Crippen LogP contribution in [0.1, 0.15) is 32.6 Å². The van der Waals surface area contributed by atoms with E-state index in [4.69, 9.17) is 26.2 Å². The predicted octanol–water partition coefficient (Wildman–Crippen LogP) is 6.00. The molecule has 0 aliphatic carbocycles. The van der Waals surface area contributed by atoms with Gasteiger partial charge in [-0.2, -0.15) is 5.26 Å². The van der Waals surface area contributed by atoms with Gasteiger partial charge >= 0.3 is 5.97 Å². The zero-order chi connectivity index (χ0) is 22.4. The minimum atomic E-state index is -1.00. The van der Waals surface area contributed by atoms with Gasteiger partial charge in [-0.05, 0) is 54.0 Å². The lowest BCUT2D eigenvalue weighted by molar-refractivity contribution is 0.0696. The topological polar surface area (TPSA) is 79.5 Å². The van der Waals surface area contributed by atoms with Gasteiger partial charge in [0.05, 0.1) is 29.3 Å². The van der Waals surface area contributed by atoms with Crippen LogP contribution in [0.25, 0.3) is 11.6 Å². The van der Waals surface area contributed by atoms with Gasteiger partial charge in [-0.1, -0.05) is 53.6 Å². The van der Waals surface area contributed by atoms with E-state index in [1.807, 2.05) is 31.2 Å². The van der Waals surface area contributed by atoms with E-state index in [2.05, 4.69) is 6.07 Å². The molecule has 5 nitrogen and oxygen atoms in total. The van der Waals surface area contributed by atoms with Gasteiger partial charge in [-0.25, -0.2) is 4.79 Å². The van der Waals surface area contributed by atoms with Gasteiger partial charge in [0.2, 0.25) is 0 Å². The summed E-state index contributed by atoms with van der Waals surface area (Å²) in [6, 6.07) is 19.8. The summed E-state index contributed by atoms with van der Waals surface area (Å²) < 4.78 is 11.3. The van der Waals surface area contributed by atoms with E-state index in [0.717, 1.165) is 11.1 Å². The van der Waals surface area contributed by atoms with Crippen LogP contribution in [0.4, 0.5) is 0 Å².